The third kappa shape index (κ3) is 6.78. The van der Waals surface area contributed by atoms with Crippen LogP contribution >= 0.6 is 34.8 Å². The molecule has 0 radical (unpaired) electrons. The first-order valence-corrected chi connectivity index (χ1v) is 11.3. The topological polar surface area (TPSA) is 144 Å². The number of hydrogen-bond acceptors (Lipinski definition) is 8. The van der Waals surface area contributed by atoms with Gasteiger partial charge in [-0.25, -0.2) is 9.59 Å². The molecule has 0 aromatic heterocycles. The Hall–Kier alpha value is -3.01. The molecule has 1 fully saturated rings. The number of ether oxygens (including phenoxy) is 4. The van der Waals surface area contributed by atoms with E-state index in [0.29, 0.717) is 0 Å². The minimum Gasteiger partial charge on any atom is -0.452 e. The first kappa shape index (κ1) is 26.6. The highest BCUT2D eigenvalue weighted by atomic mass is 35.6. The minimum atomic E-state index is -2.25. The zero-order chi connectivity index (χ0) is 25.6. The van der Waals surface area contributed by atoms with Gasteiger partial charge in [0.2, 0.25) is 18.3 Å². The average molecular weight is 542 g/mol. The number of carbonyl (C=O) groups is 2. The van der Waals surface area contributed by atoms with Crippen LogP contribution in [-0.2, 0) is 18.9 Å². The summed E-state index contributed by atoms with van der Waals surface area (Å²) in [5.41, 5.74) is 9.33. The molecular weight excluding hydrogens is 523 g/mol. The second-order valence-corrected chi connectivity index (χ2v) is 9.61. The third-order valence-corrected chi connectivity index (χ3v) is 5.43. The molecule has 2 aromatic carbocycles. The molecule has 0 bridgehead atoms. The maximum Gasteiger partial charge on any atom is 0.338 e. The van der Waals surface area contributed by atoms with Crippen molar-refractivity contribution in [3.05, 3.63) is 82.2 Å². The normalized spacial score (nSPS) is 22.4. The van der Waals surface area contributed by atoms with Gasteiger partial charge in [-0.15, -0.1) is 0 Å². The standard InChI is InChI=1S/C22H19Cl3N4O6/c1-12(28-29-27)15-16(32-18(30)13-8-4-2-5-9-13)17(20(34-15)35-21(26)22(23,24)25)33-19(31)14-10-6-3-7-11-14/h2-12,15-17,20,26H,1H3/t12-,15+,16?,17?,20-/m0/s1. The second kappa shape index (κ2) is 11.6. The summed E-state index contributed by atoms with van der Waals surface area (Å²) in [6.07, 6.45) is -5.37. The summed E-state index contributed by atoms with van der Waals surface area (Å²) in [6, 6.07) is 15.2. The van der Waals surface area contributed by atoms with Gasteiger partial charge in [0.05, 0.1) is 17.2 Å². The van der Waals surface area contributed by atoms with Crippen molar-refractivity contribution in [1.29, 1.82) is 5.41 Å². The van der Waals surface area contributed by atoms with E-state index in [1.807, 2.05) is 0 Å². The van der Waals surface area contributed by atoms with Crippen LogP contribution in [0, 0.1) is 5.41 Å². The summed E-state index contributed by atoms with van der Waals surface area (Å²) >= 11 is 17.2. The first-order valence-electron chi connectivity index (χ1n) is 10.2. The highest BCUT2D eigenvalue weighted by Crippen LogP contribution is 2.35. The van der Waals surface area contributed by atoms with Crippen molar-refractivity contribution in [2.24, 2.45) is 5.11 Å². The van der Waals surface area contributed by atoms with Gasteiger partial charge >= 0.3 is 11.9 Å². The Balaban J connectivity index is 1.97. The molecule has 2 aromatic rings. The van der Waals surface area contributed by atoms with E-state index in [-0.39, 0.29) is 11.1 Å². The molecule has 1 aliphatic rings. The summed E-state index contributed by atoms with van der Waals surface area (Å²) in [5, 5.41) is 11.5. The van der Waals surface area contributed by atoms with Crippen LogP contribution in [0.3, 0.4) is 0 Å². The van der Waals surface area contributed by atoms with Crippen LogP contribution in [0.2, 0.25) is 0 Å². The molecule has 184 valence electrons. The van der Waals surface area contributed by atoms with Gasteiger partial charge in [-0.1, -0.05) is 83.2 Å². The molecule has 1 saturated heterocycles. The summed E-state index contributed by atoms with van der Waals surface area (Å²) < 4.78 is 20.2. The van der Waals surface area contributed by atoms with E-state index in [2.05, 4.69) is 10.0 Å². The van der Waals surface area contributed by atoms with E-state index >= 15 is 0 Å². The van der Waals surface area contributed by atoms with Crippen LogP contribution < -0.4 is 0 Å². The van der Waals surface area contributed by atoms with Crippen molar-refractivity contribution < 1.29 is 28.5 Å². The third-order valence-electron chi connectivity index (χ3n) is 4.91. The van der Waals surface area contributed by atoms with Gasteiger partial charge in [-0.3, -0.25) is 5.41 Å². The van der Waals surface area contributed by atoms with E-state index in [1.54, 1.807) is 36.4 Å². The zero-order valence-corrected chi connectivity index (χ0v) is 20.4. The second-order valence-electron chi connectivity index (χ2n) is 7.33. The van der Waals surface area contributed by atoms with Crippen LogP contribution in [0.4, 0.5) is 0 Å². The van der Waals surface area contributed by atoms with Gasteiger partial charge in [0, 0.05) is 4.91 Å². The van der Waals surface area contributed by atoms with Crippen molar-refractivity contribution >= 4 is 52.6 Å². The molecule has 13 heteroatoms. The number of alkyl halides is 3. The predicted octanol–water partition coefficient (Wildman–Crippen LogP) is 5.23. The van der Waals surface area contributed by atoms with Crippen molar-refractivity contribution in [3.8, 4) is 0 Å². The molecule has 0 saturated carbocycles. The average Bonchev–Trinajstić information content (AvgIpc) is 3.16. The Kier molecular flexibility index (Phi) is 8.82. The van der Waals surface area contributed by atoms with Gasteiger partial charge in [0.1, 0.15) is 6.10 Å². The van der Waals surface area contributed by atoms with Gasteiger partial charge in [-0.2, -0.15) is 0 Å². The number of nitrogens with zero attached hydrogens (tertiary/aromatic N) is 3. The van der Waals surface area contributed by atoms with Crippen LogP contribution in [0.15, 0.2) is 65.8 Å². The number of hydrogen-bond donors (Lipinski definition) is 1. The van der Waals surface area contributed by atoms with Gasteiger partial charge in [0.15, 0.2) is 6.10 Å². The lowest BCUT2D eigenvalue weighted by atomic mass is 10.0. The fourth-order valence-corrected chi connectivity index (χ4v) is 3.39. The Bertz CT molecular complexity index is 1110. The number of nitrogens with one attached hydrogen (secondary N) is 1. The fraction of sp³-hybridized carbons (Fsp3) is 0.318. The molecule has 5 atom stereocenters. The fourth-order valence-electron chi connectivity index (χ4n) is 3.25. The Labute approximate surface area is 215 Å². The van der Waals surface area contributed by atoms with Crippen molar-refractivity contribution in [2.75, 3.05) is 0 Å². The molecule has 10 nitrogen and oxygen atoms in total. The number of esters is 2. The SMILES string of the molecule is C[C@H](N=[N+]=[N-])[C@H]1O[C@@H](OC(=N)C(Cl)(Cl)Cl)C(OC(=O)c2ccccc2)C1OC(=O)c1ccccc1. The van der Waals surface area contributed by atoms with E-state index in [1.165, 1.54) is 31.2 Å². The molecule has 0 aliphatic carbocycles. The summed E-state index contributed by atoms with van der Waals surface area (Å²) in [6.45, 7) is 1.51. The Morgan fingerprint density at radius 3 is 1.91 bits per heavy atom. The summed E-state index contributed by atoms with van der Waals surface area (Å²) in [7, 11) is 0. The first-order chi connectivity index (χ1) is 16.6. The molecule has 3 rings (SSSR count). The summed E-state index contributed by atoms with van der Waals surface area (Å²) in [5.74, 6) is -2.36. The minimum absolute atomic E-state index is 0.197. The lowest BCUT2D eigenvalue weighted by Gasteiger charge is -2.26. The highest BCUT2D eigenvalue weighted by molar-refractivity contribution is 6.76. The summed E-state index contributed by atoms with van der Waals surface area (Å²) in [4.78, 5) is 28.5. The Morgan fingerprint density at radius 2 is 1.46 bits per heavy atom. The number of azide groups is 1. The molecule has 1 heterocycles. The van der Waals surface area contributed by atoms with Crippen molar-refractivity contribution in [1.82, 2.24) is 0 Å². The van der Waals surface area contributed by atoms with Gasteiger partial charge < -0.3 is 18.9 Å². The molecule has 1 N–H and O–H groups in total. The molecular formula is C22H19Cl3N4O6. The maximum absolute atomic E-state index is 12.8. The van der Waals surface area contributed by atoms with Crippen molar-refractivity contribution in [3.63, 3.8) is 0 Å². The molecule has 2 unspecified atom stereocenters. The number of rotatable bonds is 7. The molecule has 35 heavy (non-hydrogen) atoms. The molecule has 0 amide bonds. The number of halogens is 3. The maximum atomic E-state index is 12.8. The van der Waals surface area contributed by atoms with E-state index in [9.17, 15) is 9.59 Å². The monoisotopic (exact) mass is 540 g/mol. The van der Waals surface area contributed by atoms with Gasteiger partial charge in [0.25, 0.3) is 3.79 Å². The molecule has 0 spiro atoms. The van der Waals surface area contributed by atoms with Crippen molar-refractivity contribution in [2.45, 2.75) is 41.4 Å². The van der Waals surface area contributed by atoms with E-state index < -0.39 is 52.3 Å². The van der Waals surface area contributed by atoms with E-state index in [0.717, 1.165) is 0 Å². The lowest BCUT2D eigenvalue weighted by molar-refractivity contribution is -0.124. The number of benzene rings is 2. The van der Waals surface area contributed by atoms with E-state index in [4.69, 9.17) is 64.7 Å². The molecule has 1 aliphatic heterocycles. The largest absolute Gasteiger partial charge is 0.452 e. The quantitative estimate of drug-likeness (QED) is 0.0967. The smallest absolute Gasteiger partial charge is 0.338 e. The zero-order valence-electron chi connectivity index (χ0n) is 18.1. The number of carbonyl (C=O) groups excluding carboxylic acids is 2. The van der Waals surface area contributed by atoms with Gasteiger partial charge in [-0.05, 0) is 29.8 Å². The lowest BCUT2D eigenvalue weighted by Crippen LogP contribution is -2.44. The Morgan fingerprint density at radius 1 is 0.971 bits per heavy atom. The predicted molar refractivity (Wildman–Crippen MR) is 128 cm³/mol. The van der Waals surface area contributed by atoms with Crippen LogP contribution in [-0.4, -0.2) is 52.3 Å². The van der Waals surface area contributed by atoms with Crippen LogP contribution in [0.1, 0.15) is 27.6 Å². The van der Waals surface area contributed by atoms with Crippen LogP contribution in [0.5, 0.6) is 0 Å². The van der Waals surface area contributed by atoms with Crippen LogP contribution in [0.25, 0.3) is 10.4 Å². The highest BCUT2D eigenvalue weighted by Gasteiger charge is 2.54.